The summed E-state index contributed by atoms with van der Waals surface area (Å²) in [5.74, 6) is 1.89. The molecule has 0 fully saturated rings. The molecule has 6 aromatic rings. The minimum absolute atomic E-state index is 0.704. The van der Waals surface area contributed by atoms with E-state index in [1.807, 2.05) is 0 Å². The van der Waals surface area contributed by atoms with Gasteiger partial charge in [-0.2, -0.15) is 0 Å². The largest absolute Gasteiger partial charge is 0.493 e. The maximum atomic E-state index is 6.89. The van der Waals surface area contributed by atoms with Crippen LogP contribution in [0.1, 0.15) is 44.9 Å². The predicted octanol–water partition coefficient (Wildman–Crippen LogP) is 9.37. The van der Waals surface area contributed by atoms with Crippen molar-refractivity contribution in [2.45, 2.75) is 44.9 Å². The van der Waals surface area contributed by atoms with Crippen LogP contribution in [0.2, 0.25) is 0 Å². The topological polar surface area (TPSA) is 18.5 Å². The summed E-state index contributed by atoms with van der Waals surface area (Å²) < 4.78 is 13.8. The Hall–Kier alpha value is -4.22. The van der Waals surface area contributed by atoms with Crippen LogP contribution in [0.25, 0.3) is 11.1 Å². The first kappa shape index (κ1) is 33.3. The van der Waals surface area contributed by atoms with Crippen molar-refractivity contribution in [3.8, 4) is 22.6 Å². The van der Waals surface area contributed by atoms with E-state index in [1.165, 1.54) is 75.1 Å². The SMILES string of the molecule is c1ccc(P(c2ccccc2)c2cccc3c2-c2c(cccc2P(c2ccccc2)c2ccccc2)OCCCCCCCCCO3)cc1. The summed E-state index contributed by atoms with van der Waals surface area (Å²) in [6.45, 7) is 1.41. The molecule has 4 heteroatoms. The molecule has 0 atom stereocenters. The third kappa shape index (κ3) is 7.99. The molecule has 0 amide bonds. The van der Waals surface area contributed by atoms with Gasteiger partial charge >= 0.3 is 0 Å². The lowest BCUT2D eigenvalue weighted by molar-refractivity contribution is 0.305. The Kier molecular flexibility index (Phi) is 11.5. The van der Waals surface area contributed by atoms with Crippen LogP contribution in [0.3, 0.4) is 0 Å². The average Bonchev–Trinajstić information content (AvgIpc) is 3.17. The second kappa shape index (κ2) is 16.9. The zero-order valence-corrected chi connectivity index (χ0v) is 29.9. The van der Waals surface area contributed by atoms with E-state index in [1.54, 1.807) is 0 Å². The Bertz CT molecular complexity index is 1680. The lowest BCUT2D eigenvalue weighted by Crippen LogP contribution is -2.26. The van der Waals surface area contributed by atoms with Gasteiger partial charge in [0.25, 0.3) is 0 Å². The summed E-state index contributed by atoms with van der Waals surface area (Å²) in [4.78, 5) is 0. The Labute approximate surface area is 294 Å². The van der Waals surface area contributed by atoms with Crippen molar-refractivity contribution in [2.75, 3.05) is 13.2 Å². The highest BCUT2D eigenvalue weighted by atomic mass is 31.1. The van der Waals surface area contributed by atoms with Gasteiger partial charge in [-0.1, -0.05) is 178 Å². The highest BCUT2D eigenvalue weighted by Crippen LogP contribution is 2.47. The highest BCUT2D eigenvalue weighted by Gasteiger charge is 2.30. The number of rotatable bonds is 6. The van der Waals surface area contributed by atoms with Gasteiger partial charge in [-0.05, 0) is 72.6 Å². The molecule has 2 nitrogen and oxygen atoms in total. The number of benzene rings is 6. The average molecular weight is 679 g/mol. The van der Waals surface area contributed by atoms with Crippen LogP contribution in [0, 0.1) is 0 Å². The molecule has 0 saturated heterocycles. The lowest BCUT2D eigenvalue weighted by Gasteiger charge is -2.29. The second-order valence-electron chi connectivity index (χ2n) is 12.5. The summed E-state index contributed by atoms with van der Waals surface area (Å²) in [7, 11) is -1.83. The van der Waals surface area contributed by atoms with Crippen LogP contribution in [-0.2, 0) is 0 Å². The Morgan fingerprint density at radius 2 is 0.612 bits per heavy atom. The smallest absolute Gasteiger partial charge is 0.127 e. The van der Waals surface area contributed by atoms with Crippen molar-refractivity contribution in [3.63, 3.8) is 0 Å². The summed E-state index contributed by atoms with van der Waals surface area (Å²) in [6, 6.07) is 57.6. The molecule has 7 rings (SSSR count). The van der Waals surface area contributed by atoms with Crippen molar-refractivity contribution in [1.29, 1.82) is 0 Å². The molecule has 49 heavy (non-hydrogen) atoms. The maximum Gasteiger partial charge on any atom is 0.127 e. The van der Waals surface area contributed by atoms with Crippen molar-refractivity contribution in [1.82, 2.24) is 0 Å². The number of ether oxygens (including phenoxy) is 2. The van der Waals surface area contributed by atoms with Crippen LogP contribution < -0.4 is 41.3 Å². The fourth-order valence-electron chi connectivity index (χ4n) is 6.77. The predicted molar refractivity (Wildman–Crippen MR) is 213 cm³/mol. The molecular formula is C45H44O2P2. The summed E-state index contributed by atoms with van der Waals surface area (Å²) in [6.07, 6.45) is 8.30. The fraction of sp³-hybridized carbons (Fsp3) is 0.200. The van der Waals surface area contributed by atoms with Gasteiger partial charge in [-0.3, -0.25) is 0 Å². The van der Waals surface area contributed by atoms with Gasteiger partial charge in [0.05, 0.1) is 13.2 Å². The molecule has 0 unspecified atom stereocenters. The maximum absolute atomic E-state index is 6.89. The zero-order chi connectivity index (χ0) is 33.1. The van der Waals surface area contributed by atoms with E-state index in [2.05, 4.69) is 158 Å². The Morgan fingerprint density at radius 3 is 0.939 bits per heavy atom. The minimum Gasteiger partial charge on any atom is -0.493 e. The molecular weight excluding hydrogens is 634 g/mol. The van der Waals surface area contributed by atoms with Crippen molar-refractivity contribution < 1.29 is 9.47 Å². The first-order chi connectivity index (χ1) is 24.4. The quantitative estimate of drug-likeness (QED) is 0.164. The van der Waals surface area contributed by atoms with E-state index in [0.29, 0.717) is 13.2 Å². The molecule has 0 spiro atoms. The monoisotopic (exact) mass is 678 g/mol. The van der Waals surface area contributed by atoms with Crippen LogP contribution in [0.15, 0.2) is 158 Å². The fourth-order valence-corrected chi connectivity index (χ4v) is 11.7. The summed E-state index contributed by atoms with van der Waals surface area (Å²) in [5, 5.41) is 7.87. The molecule has 0 N–H and O–H groups in total. The summed E-state index contributed by atoms with van der Waals surface area (Å²) in [5.41, 5.74) is 2.34. The van der Waals surface area contributed by atoms with E-state index in [0.717, 1.165) is 24.3 Å². The van der Waals surface area contributed by atoms with E-state index < -0.39 is 15.8 Å². The highest BCUT2D eigenvalue weighted by molar-refractivity contribution is 7.80. The molecule has 246 valence electrons. The van der Waals surface area contributed by atoms with Crippen LogP contribution in [-0.4, -0.2) is 13.2 Å². The zero-order valence-electron chi connectivity index (χ0n) is 28.1. The number of fused-ring (bicyclic) bond motifs is 3. The van der Waals surface area contributed by atoms with Crippen molar-refractivity contribution in [2.24, 2.45) is 0 Å². The van der Waals surface area contributed by atoms with Crippen LogP contribution in [0.4, 0.5) is 0 Å². The van der Waals surface area contributed by atoms with Crippen molar-refractivity contribution >= 4 is 47.7 Å². The van der Waals surface area contributed by atoms with E-state index >= 15 is 0 Å². The van der Waals surface area contributed by atoms with E-state index in [-0.39, 0.29) is 0 Å². The second-order valence-corrected chi connectivity index (χ2v) is 16.9. The molecule has 0 saturated carbocycles. The normalized spacial score (nSPS) is 14.1. The molecule has 0 aliphatic carbocycles. The van der Waals surface area contributed by atoms with Gasteiger partial charge in [0.15, 0.2) is 0 Å². The molecule has 0 radical (unpaired) electrons. The minimum atomic E-state index is -0.915. The van der Waals surface area contributed by atoms with Gasteiger partial charge in [-0.25, -0.2) is 0 Å². The van der Waals surface area contributed by atoms with Gasteiger partial charge in [0.2, 0.25) is 0 Å². The standard InChI is InChI=1S/C45H44O2P2/c1-2-4-18-34-46-40-30-20-32-42(48(36-22-10-6-11-23-36)37-24-12-7-13-25-37)44(40)45-41(47-35-19-5-3-1)31-21-33-43(45)49(38-26-14-8-15-27-38)39-28-16-9-17-29-39/h6-17,20-33H,1-5,18-19,34-35H2. The Morgan fingerprint density at radius 1 is 0.306 bits per heavy atom. The van der Waals surface area contributed by atoms with Crippen molar-refractivity contribution in [3.05, 3.63) is 158 Å². The molecule has 0 bridgehead atoms. The molecule has 6 aromatic carbocycles. The molecule has 1 heterocycles. The molecule has 1 aliphatic rings. The van der Waals surface area contributed by atoms with Gasteiger partial charge < -0.3 is 9.47 Å². The lowest BCUT2D eigenvalue weighted by atomic mass is 10.0. The third-order valence-electron chi connectivity index (χ3n) is 9.10. The summed E-state index contributed by atoms with van der Waals surface area (Å²) >= 11 is 0. The van der Waals surface area contributed by atoms with Crippen LogP contribution >= 0.6 is 15.8 Å². The van der Waals surface area contributed by atoms with E-state index in [4.69, 9.17) is 9.47 Å². The Balaban J connectivity index is 1.53. The molecule has 0 aromatic heterocycles. The number of hydrogen-bond acceptors (Lipinski definition) is 2. The van der Waals surface area contributed by atoms with Gasteiger partial charge in [-0.15, -0.1) is 0 Å². The number of hydrogen-bond donors (Lipinski definition) is 0. The van der Waals surface area contributed by atoms with E-state index in [9.17, 15) is 0 Å². The first-order valence-electron chi connectivity index (χ1n) is 17.7. The first-order valence-corrected chi connectivity index (χ1v) is 20.4. The van der Waals surface area contributed by atoms with Gasteiger partial charge in [0, 0.05) is 11.1 Å². The van der Waals surface area contributed by atoms with Gasteiger partial charge in [0.1, 0.15) is 11.5 Å². The molecule has 1 aliphatic heterocycles. The van der Waals surface area contributed by atoms with Crippen LogP contribution in [0.5, 0.6) is 11.5 Å². The third-order valence-corrected chi connectivity index (χ3v) is 14.1.